The summed E-state index contributed by atoms with van der Waals surface area (Å²) in [5.74, 6) is 0.0540. The summed E-state index contributed by atoms with van der Waals surface area (Å²) in [6, 6.07) is 16.3. The second-order valence-corrected chi connectivity index (χ2v) is 7.41. The molecule has 0 radical (unpaired) electrons. The smallest absolute Gasteiger partial charge is 0.252 e. The van der Waals surface area contributed by atoms with Crippen molar-refractivity contribution in [1.82, 2.24) is 10.2 Å². The molecule has 148 valence electrons. The van der Waals surface area contributed by atoms with Crippen molar-refractivity contribution in [3.05, 3.63) is 71.3 Å². The monoisotopic (exact) mass is 380 g/mol. The molecular weight excluding hydrogens is 352 g/mol. The number of ether oxygens (including phenoxy) is 1. The van der Waals surface area contributed by atoms with Gasteiger partial charge in [-0.15, -0.1) is 0 Å². The van der Waals surface area contributed by atoms with Gasteiger partial charge in [0.2, 0.25) is 0 Å². The fraction of sp³-hybridized carbons (Fsp3) is 0.391. The van der Waals surface area contributed by atoms with Gasteiger partial charge in [-0.1, -0.05) is 62.4 Å². The number of hydrogen-bond donors (Lipinski definition) is 1. The first-order valence-electron chi connectivity index (χ1n) is 9.86. The number of nitrogens with one attached hydrogen (secondary N) is 1. The predicted molar refractivity (Wildman–Crippen MR) is 110 cm³/mol. The molecule has 5 heteroatoms. The minimum atomic E-state index is -0.209. The molecule has 28 heavy (non-hydrogen) atoms. The molecule has 1 aliphatic heterocycles. The lowest BCUT2D eigenvalue weighted by Gasteiger charge is -2.37. The molecule has 1 fully saturated rings. The third-order valence-electron chi connectivity index (χ3n) is 5.21. The topological polar surface area (TPSA) is 58.6 Å². The van der Waals surface area contributed by atoms with E-state index in [-0.39, 0.29) is 17.7 Å². The third kappa shape index (κ3) is 4.86. The number of ketones is 1. The Balaban J connectivity index is 1.73. The van der Waals surface area contributed by atoms with Crippen molar-refractivity contribution < 1.29 is 14.3 Å². The molecular formula is C23H28N2O3. The number of hydrogen-bond acceptors (Lipinski definition) is 4. The molecule has 3 rings (SSSR count). The molecule has 0 saturated carbocycles. The van der Waals surface area contributed by atoms with Crippen LogP contribution in [0.25, 0.3) is 0 Å². The maximum atomic E-state index is 12.9. The lowest BCUT2D eigenvalue weighted by molar-refractivity contribution is 0.00672. The Bertz CT molecular complexity index is 799. The first-order chi connectivity index (χ1) is 13.6. The Kier molecular flexibility index (Phi) is 6.95. The Hall–Kier alpha value is -2.50. The molecule has 0 bridgehead atoms. The highest BCUT2D eigenvalue weighted by molar-refractivity contribution is 6.15. The first kappa shape index (κ1) is 20.2. The average molecular weight is 380 g/mol. The van der Waals surface area contributed by atoms with E-state index in [9.17, 15) is 9.59 Å². The number of morpholine rings is 1. The summed E-state index contributed by atoms with van der Waals surface area (Å²) in [7, 11) is 0. The van der Waals surface area contributed by atoms with Gasteiger partial charge in [-0.25, -0.2) is 0 Å². The molecule has 1 saturated heterocycles. The molecule has 0 unspecified atom stereocenters. The zero-order valence-corrected chi connectivity index (χ0v) is 16.6. The molecule has 1 amide bonds. The Morgan fingerprint density at radius 2 is 1.57 bits per heavy atom. The van der Waals surface area contributed by atoms with Crippen LogP contribution >= 0.6 is 0 Å². The summed E-state index contributed by atoms with van der Waals surface area (Å²) in [6.45, 7) is 8.09. The van der Waals surface area contributed by atoms with Crippen molar-refractivity contribution in [2.24, 2.45) is 5.92 Å². The van der Waals surface area contributed by atoms with E-state index in [2.05, 4.69) is 24.1 Å². The maximum Gasteiger partial charge on any atom is 0.252 e. The number of amides is 1. The van der Waals surface area contributed by atoms with Crippen molar-refractivity contribution in [2.75, 3.05) is 32.8 Å². The molecule has 1 atom stereocenters. The molecule has 0 spiro atoms. The molecule has 1 N–H and O–H groups in total. The fourth-order valence-corrected chi connectivity index (χ4v) is 3.61. The number of benzene rings is 2. The molecule has 2 aromatic rings. The average Bonchev–Trinajstić information content (AvgIpc) is 2.74. The van der Waals surface area contributed by atoms with Crippen LogP contribution in [0.15, 0.2) is 54.6 Å². The van der Waals surface area contributed by atoms with Crippen LogP contribution in [0, 0.1) is 5.92 Å². The molecule has 1 heterocycles. The quantitative estimate of drug-likeness (QED) is 0.750. The third-order valence-corrected chi connectivity index (χ3v) is 5.21. The molecule has 1 aliphatic rings. The summed E-state index contributed by atoms with van der Waals surface area (Å²) in [6.07, 6.45) is 0. The second-order valence-electron chi connectivity index (χ2n) is 7.41. The van der Waals surface area contributed by atoms with Gasteiger partial charge in [0.15, 0.2) is 5.78 Å². The maximum absolute atomic E-state index is 12.9. The summed E-state index contributed by atoms with van der Waals surface area (Å²) in [4.78, 5) is 28.1. The fourth-order valence-electron chi connectivity index (χ4n) is 3.61. The van der Waals surface area contributed by atoms with E-state index in [0.29, 0.717) is 29.2 Å². The molecule has 5 nitrogen and oxygen atoms in total. The van der Waals surface area contributed by atoms with Crippen LogP contribution < -0.4 is 5.32 Å². The second kappa shape index (κ2) is 9.62. The van der Waals surface area contributed by atoms with Crippen LogP contribution in [0.2, 0.25) is 0 Å². The van der Waals surface area contributed by atoms with Crippen LogP contribution in [-0.2, 0) is 4.74 Å². The Labute approximate surface area is 166 Å². The van der Waals surface area contributed by atoms with Crippen LogP contribution in [0.1, 0.15) is 40.1 Å². The zero-order valence-electron chi connectivity index (χ0n) is 16.6. The van der Waals surface area contributed by atoms with Gasteiger partial charge in [-0.2, -0.15) is 0 Å². The lowest BCUT2D eigenvalue weighted by Crippen LogP contribution is -2.51. The van der Waals surface area contributed by atoms with Gasteiger partial charge >= 0.3 is 0 Å². The van der Waals surface area contributed by atoms with Gasteiger partial charge in [-0.3, -0.25) is 14.5 Å². The summed E-state index contributed by atoms with van der Waals surface area (Å²) in [5, 5.41) is 3.05. The minimum absolute atomic E-state index is 0.139. The zero-order chi connectivity index (χ0) is 19.9. The Morgan fingerprint density at radius 3 is 2.21 bits per heavy atom. The largest absolute Gasteiger partial charge is 0.379 e. The highest BCUT2D eigenvalue weighted by Crippen LogP contribution is 2.16. The summed E-state index contributed by atoms with van der Waals surface area (Å²) in [5.41, 5.74) is 1.43. The van der Waals surface area contributed by atoms with Crippen molar-refractivity contribution in [3.63, 3.8) is 0 Å². The van der Waals surface area contributed by atoms with Gasteiger partial charge in [0.1, 0.15) is 0 Å². The van der Waals surface area contributed by atoms with E-state index in [4.69, 9.17) is 4.74 Å². The number of carbonyl (C=O) groups is 2. The summed E-state index contributed by atoms with van der Waals surface area (Å²) < 4.78 is 5.44. The molecule has 2 aromatic carbocycles. The summed E-state index contributed by atoms with van der Waals surface area (Å²) >= 11 is 0. The standard InChI is InChI=1S/C23H28N2O3/c1-17(2)21(25-12-14-28-15-13-25)16-24-23(27)20-11-7-6-10-19(20)22(26)18-8-4-3-5-9-18/h3-11,17,21H,12-16H2,1-2H3,(H,24,27)/t21-/m1/s1. The van der Waals surface area contributed by atoms with E-state index in [1.165, 1.54) is 0 Å². The van der Waals surface area contributed by atoms with Crippen molar-refractivity contribution in [2.45, 2.75) is 19.9 Å². The van der Waals surface area contributed by atoms with Crippen LogP contribution in [0.5, 0.6) is 0 Å². The van der Waals surface area contributed by atoms with E-state index >= 15 is 0 Å². The van der Waals surface area contributed by atoms with E-state index in [1.807, 2.05) is 18.2 Å². The molecule has 0 aliphatic carbocycles. The van der Waals surface area contributed by atoms with Crippen molar-refractivity contribution in [1.29, 1.82) is 0 Å². The van der Waals surface area contributed by atoms with E-state index < -0.39 is 0 Å². The van der Waals surface area contributed by atoms with E-state index in [0.717, 1.165) is 26.3 Å². The van der Waals surface area contributed by atoms with Gasteiger partial charge in [0, 0.05) is 36.8 Å². The van der Waals surface area contributed by atoms with Gasteiger partial charge in [0.05, 0.1) is 18.8 Å². The van der Waals surface area contributed by atoms with Crippen LogP contribution in [-0.4, -0.2) is 55.5 Å². The van der Waals surface area contributed by atoms with Crippen molar-refractivity contribution in [3.8, 4) is 0 Å². The SMILES string of the molecule is CC(C)[C@@H](CNC(=O)c1ccccc1C(=O)c1ccccc1)N1CCOCC1. The highest BCUT2D eigenvalue weighted by Gasteiger charge is 2.25. The first-order valence-corrected chi connectivity index (χ1v) is 9.86. The van der Waals surface area contributed by atoms with Crippen LogP contribution in [0.3, 0.4) is 0 Å². The number of nitrogens with zero attached hydrogens (tertiary/aromatic N) is 1. The molecule has 0 aromatic heterocycles. The normalized spacial score (nSPS) is 16.0. The minimum Gasteiger partial charge on any atom is -0.379 e. The van der Waals surface area contributed by atoms with E-state index in [1.54, 1.807) is 36.4 Å². The van der Waals surface area contributed by atoms with Gasteiger partial charge in [0.25, 0.3) is 5.91 Å². The lowest BCUT2D eigenvalue weighted by atomic mass is 9.97. The highest BCUT2D eigenvalue weighted by atomic mass is 16.5. The van der Waals surface area contributed by atoms with Crippen LogP contribution in [0.4, 0.5) is 0 Å². The van der Waals surface area contributed by atoms with Gasteiger partial charge < -0.3 is 10.1 Å². The Morgan fingerprint density at radius 1 is 0.964 bits per heavy atom. The van der Waals surface area contributed by atoms with Crippen molar-refractivity contribution >= 4 is 11.7 Å². The number of rotatable bonds is 7. The predicted octanol–water partition coefficient (Wildman–Crippen LogP) is 3.00. The van der Waals surface area contributed by atoms with Gasteiger partial charge in [-0.05, 0) is 12.0 Å². The number of carbonyl (C=O) groups excluding carboxylic acids is 2.